The molecule has 1 amide bonds. The fourth-order valence-corrected chi connectivity index (χ4v) is 3.82. The summed E-state index contributed by atoms with van der Waals surface area (Å²) in [6.45, 7) is 2.33. The van der Waals surface area contributed by atoms with Gasteiger partial charge in [-0.15, -0.1) is 0 Å². The van der Waals surface area contributed by atoms with Crippen LogP contribution in [0.5, 0.6) is 5.75 Å². The minimum Gasteiger partial charge on any atom is -0.479 e. The summed E-state index contributed by atoms with van der Waals surface area (Å²) >= 11 is 0. The summed E-state index contributed by atoms with van der Waals surface area (Å²) in [6.07, 6.45) is 4.33. The van der Waals surface area contributed by atoms with Gasteiger partial charge in [-0.25, -0.2) is 9.97 Å². The summed E-state index contributed by atoms with van der Waals surface area (Å²) in [7, 11) is 3.56. The first-order chi connectivity index (χ1) is 15.0. The van der Waals surface area contributed by atoms with Crippen molar-refractivity contribution in [3.05, 3.63) is 36.3 Å². The molecule has 0 radical (unpaired) electrons. The molecule has 1 saturated heterocycles. The zero-order valence-corrected chi connectivity index (χ0v) is 17.6. The molecule has 0 spiro atoms. The Kier molecular flexibility index (Phi) is 5.59. The lowest BCUT2D eigenvalue weighted by atomic mass is 9.96. The first-order valence-corrected chi connectivity index (χ1v) is 9.84. The third-order valence-corrected chi connectivity index (χ3v) is 5.40. The molecule has 4 rings (SSSR count). The van der Waals surface area contributed by atoms with Gasteiger partial charge in [-0.2, -0.15) is 5.26 Å². The highest BCUT2D eigenvalue weighted by Gasteiger charge is 2.39. The molecule has 0 bridgehead atoms. The summed E-state index contributed by atoms with van der Waals surface area (Å²) in [6, 6.07) is 7.42. The second-order valence-corrected chi connectivity index (χ2v) is 7.44. The highest BCUT2D eigenvalue weighted by molar-refractivity contribution is 5.98. The molecule has 0 saturated carbocycles. The zero-order valence-electron chi connectivity index (χ0n) is 17.6. The largest absolute Gasteiger partial charge is 0.479 e. The number of anilines is 1. The van der Waals surface area contributed by atoms with Gasteiger partial charge in [-0.3, -0.25) is 4.79 Å². The summed E-state index contributed by atoms with van der Waals surface area (Å²) in [5.74, 6) is 0.792. The lowest BCUT2D eigenvalue weighted by molar-refractivity contribution is -0.114. The molecule has 9 nitrogen and oxygen atoms in total. The number of methoxy groups -OCH3 is 1. The number of pyridine rings is 2. The number of carbonyl (C=O) groups excluding carboxylic acids is 1. The third-order valence-electron chi connectivity index (χ3n) is 5.40. The Hall–Kier alpha value is -3.48. The topological polar surface area (TPSA) is 111 Å². The SMILES string of the molecule is CO[C@@]1(c2cc(OCC#N)cc(-c3cn(C)c4cnc(NC(C)=O)cc34)n2)CCOC1. The van der Waals surface area contributed by atoms with Gasteiger partial charge in [0.05, 0.1) is 29.7 Å². The molecule has 0 aromatic carbocycles. The van der Waals surface area contributed by atoms with E-state index < -0.39 is 5.60 Å². The summed E-state index contributed by atoms with van der Waals surface area (Å²) in [4.78, 5) is 20.7. The molecule has 0 unspecified atom stereocenters. The van der Waals surface area contributed by atoms with Gasteiger partial charge in [0.15, 0.2) is 6.61 Å². The second-order valence-electron chi connectivity index (χ2n) is 7.44. The van der Waals surface area contributed by atoms with Gasteiger partial charge in [0.2, 0.25) is 5.91 Å². The van der Waals surface area contributed by atoms with Gasteiger partial charge in [0, 0.05) is 63.4 Å². The van der Waals surface area contributed by atoms with Gasteiger partial charge < -0.3 is 24.1 Å². The number of fused-ring (bicyclic) bond motifs is 1. The van der Waals surface area contributed by atoms with E-state index in [-0.39, 0.29) is 12.5 Å². The van der Waals surface area contributed by atoms with Crippen molar-refractivity contribution in [2.45, 2.75) is 18.9 Å². The minimum absolute atomic E-state index is 0.0779. The van der Waals surface area contributed by atoms with Crippen LogP contribution in [0.1, 0.15) is 19.0 Å². The number of rotatable bonds is 6. The summed E-state index contributed by atoms with van der Waals surface area (Å²) < 4.78 is 19.0. The van der Waals surface area contributed by atoms with E-state index in [0.717, 1.165) is 16.5 Å². The van der Waals surface area contributed by atoms with Gasteiger partial charge >= 0.3 is 0 Å². The van der Waals surface area contributed by atoms with E-state index in [1.54, 1.807) is 25.4 Å². The Balaban J connectivity index is 1.88. The van der Waals surface area contributed by atoms with E-state index in [4.69, 9.17) is 24.5 Å². The Bertz CT molecular complexity index is 1170. The number of hydrogen-bond acceptors (Lipinski definition) is 7. The Morgan fingerprint density at radius 3 is 2.94 bits per heavy atom. The lowest BCUT2D eigenvalue weighted by Crippen LogP contribution is -2.30. The number of nitrogens with one attached hydrogen (secondary N) is 1. The van der Waals surface area contributed by atoms with E-state index >= 15 is 0 Å². The van der Waals surface area contributed by atoms with Crippen molar-refractivity contribution in [1.82, 2.24) is 14.5 Å². The molecule has 3 aromatic heterocycles. The van der Waals surface area contributed by atoms with Crippen LogP contribution in [-0.4, -0.2) is 47.4 Å². The van der Waals surface area contributed by atoms with E-state index in [1.807, 2.05) is 29.9 Å². The molecule has 1 aliphatic heterocycles. The maximum Gasteiger partial charge on any atom is 0.222 e. The highest BCUT2D eigenvalue weighted by atomic mass is 16.5. The van der Waals surface area contributed by atoms with Gasteiger partial charge in [0.1, 0.15) is 23.2 Å². The molecule has 160 valence electrons. The molecule has 3 aromatic rings. The molecule has 31 heavy (non-hydrogen) atoms. The molecular weight excluding hydrogens is 398 g/mol. The van der Waals surface area contributed by atoms with E-state index in [1.165, 1.54) is 6.92 Å². The van der Waals surface area contributed by atoms with E-state index in [0.29, 0.717) is 42.6 Å². The van der Waals surface area contributed by atoms with Gasteiger partial charge in [-0.05, 0) is 6.07 Å². The van der Waals surface area contributed by atoms with Gasteiger partial charge in [0.25, 0.3) is 0 Å². The van der Waals surface area contributed by atoms with Crippen molar-refractivity contribution in [2.24, 2.45) is 7.05 Å². The van der Waals surface area contributed by atoms with Crippen LogP contribution in [0.15, 0.2) is 30.6 Å². The third kappa shape index (κ3) is 3.95. The monoisotopic (exact) mass is 421 g/mol. The van der Waals surface area contributed by atoms with Crippen LogP contribution >= 0.6 is 0 Å². The van der Waals surface area contributed by atoms with Crippen molar-refractivity contribution in [1.29, 1.82) is 5.26 Å². The quantitative estimate of drug-likeness (QED) is 0.651. The Morgan fingerprint density at radius 2 is 2.26 bits per heavy atom. The van der Waals surface area contributed by atoms with Crippen LogP contribution in [0.2, 0.25) is 0 Å². The smallest absolute Gasteiger partial charge is 0.222 e. The molecule has 1 atom stereocenters. The first kappa shape index (κ1) is 20.8. The van der Waals surface area contributed by atoms with Crippen LogP contribution in [0.3, 0.4) is 0 Å². The predicted molar refractivity (Wildman–Crippen MR) is 113 cm³/mol. The molecule has 9 heteroatoms. The Morgan fingerprint density at radius 1 is 1.42 bits per heavy atom. The molecule has 4 heterocycles. The zero-order chi connectivity index (χ0) is 22.0. The minimum atomic E-state index is -0.672. The number of ether oxygens (including phenoxy) is 3. The fraction of sp³-hybridized carbons (Fsp3) is 0.364. The van der Waals surface area contributed by atoms with E-state index in [2.05, 4.69) is 10.3 Å². The fourth-order valence-electron chi connectivity index (χ4n) is 3.82. The molecule has 1 fully saturated rings. The highest BCUT2D eigenvalue weighted by Crippen LogP contribution is 2.38. The van der Waals surface area contributed by atoms with Crippen LogP contribution in [-0.2, 0) is 26.9 Å². The van der Waals surface area contributed by atoms with E-state index in [9.17, 15) is 4.79 Å². The molecule has 0 aliphatic carbocycles. The molecule has 1 aliphatic rings. The summed E-state index contributed by atoms with van der Waals surface area (Å²) in [5.41, 5.74) is 2.42. The van der Waals surface area contributed by atoms with Crippen LogP contribution < -0.4 is 10.1 Å². The molecule has 1 N–H and O–H groups in total. The number of carbonyl (C=O) groups is 1. The number of amides is 1. The van der Waals surface area contributed by atoms with Crippen molar-refractivity contribution in [2.75, 3.05) is 32.2 Å². The number of aryl methyl sites for hydroxylation is 1. The first-order valence-electron chi connectivity index (χ1n) is 9.84. The van der Waals surface area contributed by atoms with Crippen molar-refractivity contribution < 1.29 is 19.0 Å². The van der Waals surface area contributed by atoms with Crippen LogP contribution in [0.25, 0.3) is 22.2 Å². The van der Waals surface area contributed by atoms with Crippen molar-refractivity contribution >= 4 is 22.6 Å². The Labute approximate surface area is 179 Å². The number of aromatic nitrogens is 3. The van der Waals surface area contributed by atoms with Crippen LogP contribution in [0.4, 0.5) is 5.82 Å². The standard InChI is InChI=1S/C22H23N5O4/c1-14(28)25-21-10-16-17(12-27(2)19(16)11-24-21)18-8-15(31-7-5-23)9-20(26-18)22(29-3)4-6-30-13-22/h8-12H,4,6-7,13H2,1-3H3,(H,24,25,28)/t22-/m0/s1. The average molecular weight is 421 g/mol. The molecular formula is C22H23N5O4. The van der Waals surface area contributed by atoms with Crippen molar-refractivity contribution in [3.8, 4) is 23.1 Å². The summed E-state index contributed by atoms with van der Waals surface area (Å²) in [5, 5.41) is 12.6. The average Bonchev–Trinajstić information content (AvgIpc) is 3.37. The second kappa shape index (κ2) is 8.34. The lowest BCUT2D eigenvalue weighted by Gasteiger charge is -2.26. The number of nitriles is 1. The maximum atomic E-state index is 11.5. The number of hydrogen-bond donors (Lipinski definition) is 1. The van der Waals surface area contributed by atoms with Gasteiger partial charge in [-0.1, -0.05) is 0 Å². The normalized spacial score (nSPS) is 18.1. The predicted octanol–water partition coefficient (Wildman–Crippen LogP) is 2.76. The van der Waals surface area contributed by atoms with Crippen LogP contribution in [0, 0.1) is 11.3 Å². The van der Waals surface area contributed by atoms with Crippen molar-refractivity contribution in [3.63, 3.8) is 0 Å². The maximum absolute atomic E-state index is 11.5. The number of nitrogens with zero attached hydrogens (tertiary/aromatic N) is 4.